The van der Waals surface area contributed by atoms with Gasteiger partial charge in [-0.3, -0.25) is 0 Å². The van der Waals surface area contributed by atoms with E-state index in [-0.39, 0.29) is 10.8 Å². The van der Waals surface area contributed by atoms with Crippen LogP contribution in [0.25, 0.3) is 0 Å². The van der Waals surface area contributed by atoms with Gasteiger partial charge in [-0.1, -0.05) is 122 Å². The van der Waals surface area contributed by atoms with Crippen LogP contribution in [0.5, 0.6) is 0 Å². The van der Waals surface area contributed by atoms with Crippen molar-refractivity contribution in [1.82, 2.24) is 0 Å². The third-order valence-corrected chi connectivity index (χ3v) is 5.91. The van der Waals surface area contributed by atoms with Crippen molar-refractivity contribution in [2.75, 3.05) is 19.8 Å². The predicted molar refractivity (Wildman–Crippen MR) is 146 cm³/mol. The highest BCUT2D eigenvalue weighted by molar-refractivity contribution is 6.22. The number of ether oxygens (including phenoxy) is 2. The molecule has 4 heteroatoms. The summed E-state index contributed by atoms with van der Waals surface area (Å²) in [5, 5.41) is -0.271. The summed E-state index contributed by atoms with van der Waals surface area (Å²) in [6, 6.07) is 0. The molecular formula is C28H52Cl2O2. The molecule has 0 saturated heterocycles. The fourth-order valence-corrected chi connectivity index (χ4v) is 3.42. The second-order valence-corrected chi connectivity index (χ2v) is 9.50. The first kappa shape index (κ1) is 33.7. The molecule has 0 aliphatic carbocycles. The molecule has 190 valence electrons. The third-order valence-electron chi connectivity index (χ3n) is 5.30. The van der Waals surface area contributed by atoms with Crippen molar-refractivity contribution < 1.29 is 9.47 Å². The van der Waals surface area contributed by atoms with Crippen molar-refractivity contribution >= 4 is 23.2 Å². The second-order valence-electron chi connectivity index (χ2n) is 8.38. The Bertz CT molecular complexity index is 374. The van der Waals surface area contributed by atoms with Crippen molar-refractivity contribution in [3.63, 3.8) is 0 Å². The zero-order chi connectivity index (χ0) is 24.1. The standard InChI is InChI=1S/C20H40O.C8H12Cl2O/c1-3-5-6-7-8-9-10-11-12-13-14-15-16-17-18-19-20-21-4-2;1-3-7(9)5-11-6-8(10)4-2/h4H,2-3,5-20H2,1H3;3-4,7-8H,1-2,5-6H2. The first-order valence-corrected chi connectivity index (χ1v) is 13.8. The van der Waals surface area contributed by atoms with Gasteiger partial charge < -0.3 is 9.47 Å². The lowest BCUT2D eigenvalue weighted by Crippen LogP contribution is -2.12. The van der Waals surface area contributed by atoms with Crippen molar-refractivity contribution in [1.29, 1.82) is 0 Å². The summed E-state index contributed by atoms with van der Waals surface area (Å²) in [6.07, 6.45) is 27.4. The summed E-state index contributed by atoms with van der Waals surface area (Å²) in [5.74, 6) is 0. The Hall–Kier alpha value is -0.440. The molecule has 0 fully saturated rings. The van der Waals surface area contributed by atoms with E-state index >= 15 is 0 Å². The highest BCUT2D eigenvalue weighted by Gasteiger charge is 2.01. The Morgan fingerprint density at radius 1 is 0.594 bits per heavy atom. The van der Waals surface area contributed by atoms with Crippen LogP contribution in [-0.2, 0) is 9.47 Å². The minimum absolute atomic E-state index is 0.135. The molecule has 0 spiro atoms. The van der Waals surface area contributed by atoms with Crippen molar-refractivity contribution in [2.24, 2.45) is 0 Å². The summed E-state index contributed by atoms with van der Waals surface area (Å²) in [4.78, 5) is 0. The predicted octanol–water partition coefficient (Wildman–Crippen LogP) is 10.00. The van der Waals surface area contributed by atoms with Crippen LogP contribution in [0.1, 0.15) is 110 Å². The monoisotopic (exact) mass is 490 g/mol. The van der Waals surface area contributed by atoms with Crippen LogP contribution in [-0.4, -0.2) is 30.6 Å². The van der Waals surface area contributed by atoms with Gasteiger partial charge in [0.1, 0.15) is 0 Å². The topological polar surface area (TPSA) is 18.5 Å². The van der Waals surface area contributed by atoms with Gasteiger partial charge in [0.2, 0.25) is 0 Å². The molecule has 0 N–H and O–H groups in total. The summed E-state index contributed by atoms with van der Waals surface area (Å²) >= 11 is 11.4. The molecule has 0 rings (SSSR count). The van der Waals surface area contributed by atoms with E-state index in [4.69, 9.17) is 32.7 Å². The Morgan fingerprint density at radius 3 is 1.25 bits per heavy atom. The molecular weight excluding hydrogens is 439 g/mol. The maximum atomic E-state index is 5.68. The number of hydrogen-bond acceptors (Lipinski definition) is 2. The van der Waals surface area contributed by atoms with E-state index < -0.39 is 0 Å². The third kappa shape index (κ3) is 31.7. The van der Waals surface area contributed by atoms with E-state index in [0.717, 1.165) is 6.61 Å². The molecule has 2 atom stereocenters. The van der Waals surface area contributed by atoms with Gasteiger partial charge in [0, 0.05) is 0 Å². The number of alkyl halides is 2. The molecule has 0 saturated carbocycles. The van der Waals surface area contributed by atoms with Crippen LogP contribution in [0.4, 0.5) is 0 Å². The number of halogens is 2. The normalized spacial score (nSPS) is 12.3. The van der Waals surface area contributed by atoms with E-state index in [9.17, 15) is 0 Å². The summed E-state index contributed by atoms with van der Waals surface area (Å²) < 4.78 is 10.2. The van der Waals surface area contributed by atoms with Crippen molar-refractivity contribution in [2.45, 2.75) is 120 Å². The molecule has 0 bridgehead atoms. The molecule has 2 unspecified atom stereocenters. The van der Waals surface area contributed by atoms with E-state index in [1.807, 2.05) is 0 Å². The molecule has 0 amide bonds. The fourth-order valence-electron chi connectivity index (χ4n) is 3.25. The van der Waals surface area contributed by atoms with Crippen LogP contribution < -0.4 is 0 Å². The SMILES string of the molecule is C=CC(Cl)COCC(Cl)C=C.C=COCCCCCCCCCCCCCCCCCC. The zero-order valence-electron chi connectivity index (χ0n) is 21.0. The Labute approximate surface area is 210 Å². The van der Waals surface area contributed by atoms with E-state index in [0.29, 0.717) is 13.2 Å². The Kier molecular flexibility index (Phi) is 32.2. The number of unbranched alkanes of at least 4 members (excludes halogenated alkanes) is 15. The minimum atomic E-state index is -0.135. The van der Waals surface area contributed by atoms with Crippen molar-refractivity contribution in [3.8, 4) is 0 Å². The second kappa shape index (κ2) is 30.6. The average Bonchev–Trinajstić information content (AvgIpc) is 2.81. The van der Waals surface area contributed by atoms with Gasteiger partial charge in [0.15, 0.2) is 0 Å². The van der Waals surface area contributed by atoms with Gasteiger partial charge in [0.05, 0.1) is 36.8 Å². The summed E-state index contributed by atoms with van der Waals surface area (Å²) in [5.41, 5.74) is 0. The van der Waals surface area contributed by atoms with Gasteiger partial charge in [0.25, 0.3) is 0 Å². The smallest absolute Gasteiger partial charge is 0.0873 e. The van der Waals surface area contributed by atoms with Gasteiger partial charge in [-0.05, 0) is 6.42 Å². The van der Waals surface area contributed by atoms with E-state index in [1.165, 1.54) is 103 Å². The van der Waals surface area contributed by atoms with Crippen LogP contribution in [0, 0.1) is 0 Å². The van der Waals surface area contributed by atoms with Gasteiger partial charge >= 0.3 is 0 Å². The fraction of sp³-hybridized carbons (Fsp3) is 0.786. The lowest BCUT2D eigenvalue weighted by molar-refractivity contribution is 0.147. The summed E-state index contributed by atoms with van der Waals surface area (Å²) in [6.45, 7) is 14.6. The minimum Gasteiger partial charge on any atom is -0.502 e. The molecule has 0 aromatic carbocycles. The van der Waals surface area contributed by atoms with Crippen LogP contribution in [0.15, 0.2) is 38.2 Å². The van der Waals surface area contributed by atoms with Gasteiger partial charge in [-0.25, -0.2) is 0 Å². The number of rotatable bonds is 24. The quantitative estimate of drug-likeness (QED) is 0.0579. The highest BCUT2D eigenvalue weighted by atomic mass is 35.5. The molecule has 0 aromatic heterocycles. The molecule has 0 radical (unpaired) electrons. The summed E-state index contributed by atoms with van der Waals surface area (Å²) in [7, 11) is 0. The van der Waals surface area contributed by atoms with Crippen molar-refractivity contribution in [3.05, 3.63) is 38.2 Å². The van der Waals surface area contributed by atoms with Crippen LogP contribution in [0.2, 0.25) is 0 Å². The van der Waals surface area contributed by atoms with E-state index in [2.05, 4.69) is 26.7 Å². The Morgan fingerprint density at radius 2 is 0.938 bits per heavy atom. The van der Waals surface area contributed by atoms with Gasteiger partial charge in [-0.15, -0.1) is 36.4 Å². The first-order chi connectivity index (χ1) is 15.6. The maximum absolute atomic E-state index is 5.68. The molecule has 0 aliphatic heterocycles. The lowest BCUT2D eigenvalue weighted by atomic mass is 10.0. The van der Waals surface area contributed by atoms with Crippen LogP contribution >= 0.6 is 23.2 Å². The largest absolute Gasteiger partial charge is 0.502 e. The first-order valence-electron chi connectivity index (χ1n) is 13.0. The molecule has 0 heterocycles. The molecule has 0 aliphatic rings. The molecule has 32 heavy (non-hydrogen) atoms. The molecule has 0 aromatic rings. The van der Waals surface area contributed by atoms with Crippen LogP contribution in [0.3, 0.4) is 0 Å². The Balaban J connectivity index is 0. The maximum Gasteiger partial charge on any atom is 0.0873 e. The number of hydrogen-bond donors (Lipinski definition) is 0. The van der Waals surface area contributed by atoms with E-state index in [1.54, 1.807) is 18.4 Å². The average molecular weight is 492 g/mol. The lowest BCUT2D eigenvalue weighted by Gasteiger charge is -2.07. The van der Waals surface area contributed by atoms with Gasteiger partial charge in [-0.2, -0.15) is 0 Å². The zero-order valence-corrected chi connectivity index (χ0v) is 22.5. The highest BCUT2D eigenvalue weighted by Crippen LogP contribution is 2.13. The molecule has 2 nitrogen and oxygen atoms in total.